The van der Waals surface area contributed by atoms with Crippen LogP contribution in [0.25, 0.3) is 0 Å². The molecule has 1 aromatic heterocycles. The molecule has 2 aromatic rings. The Morgan fingerprint density at radius 1 is 1.26 bits per heavy atom. The molecule has 1 N–H and O–H groups in total. The van der Waals surface area contributed by atoms with Gasteiger partial charge in [0.1, 0.15) is 0 Å². The molecule has 0 saturated heterocycles. The Hall–Kier alpha value is -1.75. The van der Waals surface area contributed by atoms with E-state index < -0.39 is 0 Å². The second-order valence-electron chi connectivity index (χ2n) is 4.67. The summed E-state index contributed by atoms with van der Waals surface area (Å²) in [6.45, 7) is 6.83. The summed E-state index contributed by atoms with van der Waals surface area (Å²) in [6.07, 6.45) is 2.07. The molecule has 0 radical (unpaired) electrons. The summed E-state index contributed by atoms with van der Waals surface area (Å²) in [5.74, 6) is 0.905. The van der Waals surface area contributed by atoms with Gasteiger partial charge in [0.2, 0.25) is 0 Å². The lowest BCUT2D eigenvalue weighted by Crippen LogP contribution is -2.19. The van der Waals surface area contributed by atoms with Crippen molar-refractivity contribution in [1.82, 2.24) is 25.5 Å². The number of nitrogens with one attached hydrogen (secondary N) is 1. The predicted molar refractivity (Wildman–Crippen MR) is 74.7 cm³/mol. The molecule has 0 unspecified atom stereocenters. The molecular formula is C14H21N5. The predicted octanol–water partition coefficient (Wildman–Crippen LogP) is 1.72. The Morgan fingerprint density at radius 2 is 2.11 bits per heavy atom. The maximum Gasteiger partial charge on any atom is 0.165 e. The molecule has 0 bridgehead atoms. The van der Waals surface area contributed by atoms with E-state index in [1.165, 1.54) is 11.1 Å². The SMILES string of the molecule is CCCNCc1nnnn1CCc1ccccc1C. The zero-order valence-electron chi connectivity index (χ0n) is 11.6. The fourth-order valence-corrected chi connectivity index (χ4v) is 2.02. The van der Waals surface area contributed by atoms with Crippen LogP contribution in [0.4, 0.5) is 0 Å². The minimum absolute atomic E-state index is 0.731. The van der Waals surface area contributed by atoms with Crippen LogP contribution in [-0.4, -0.2) is 26.8 Å². The van der Waals surface area contributed by atoms with Crippen LogP contribution in [-0.2, 0) is 19.5 Å². The molecule has 0 aliphatic rings. The number of aryl methyl sites for hydroxylation is 3. The topological polar surface area (TPSA) is 55.6 Å². The van der Waals surface area contributed by atoms with E-state index in [1.807, 2.05) is 4.68 Å². The molecule has 0 fully saturated rings. The summed E-state index contributed by atoms with van der Waals surface area (Å²) in [5, 5.41) is 15.2. The zero-order valence-corrected chi connectivity index (χ0v) is 11.6. The number of hydrogen-bond donors (Lipinski definition) is 1. The summed E-state index contributed by atoms with van der Waals surface area (Å²) in [6, 6.07) is 8.44. The standard InChI is InChI=1S/C14H21N5/c1-3-9-15-11-14-16-17-18-19(14)10-8-13-7-5-4-6-12(13)2/h4-7,15H,3,8-11H2,1-2H3. The van der Waals surface area contributed by atoms with Gasteiger partial charge in [0.15, 0.2) is 5.82 Å². The largest absolute Gasteiger partial charge is 0.310 e. The quantitative estimate of drug-likeness (QED) is 0.769. The van der Waals surface area contributed by atoms with Gasteiger partial charge in [-0.15, -0.1) is 5.10 Å². The normalized spacial score (nSPS) is 10.8. The number of benzene rings is 1. The van der Waals surface area contributed by atoms with Crippen molar-refractivity contribution in [3.8, 4) is 0 Å². The van der Waals surface area contributed by atoms with Crippen LogP contribution >= 0.6 is 0 Å². The van der Waals surface area contributed by atoms with Gasteiger partial charge in [0.05, 0.1) is 6.54 Å². The first-order chi connectivity index (χ1) is 9.31. The highest BCUT2D eigenvalue weighted by molar-refractivity contribution is 5.25. The summed E-state index contributed by atoms with van der Waals surface area (Å²) < 4.78 is 1.88. The Morgan fingerprint density at radius 3 is 2.89 bits per heavy atom. The van der Waals surface area contributed by atoms with E-state index in [4.69, 9.17) is 0 Å². The summed E-state index contributed by atoms with van der Waals surface area (Å²) in [7, 11) is 0. The van der Waals surface area contributed by atoms with Gasteiger partial charge in [-0.2, -0.15) is 0 Å². The monoisotopic (exact) mass is 259 g/mol. The Bertz CT molecular complexity index is 506. The second kappa shape index (κ2) is 6.99. The molecule has 0 amide bonds. The van der Waals surface area contributed by atoms with Crippen molar-refractivity contribution in [1.29, 1.82) is 0 Å². The molecule has 5 nitrogen and oxygen atoms in total. The fraction of sp³-hybridized carbons (Fsp3) is 0.500. The van der Waals surface area contributed by atoms with E-state index in [-0.39, 0.29) is 0 Å². The maximum absolute atomic E-state index is 4.06. The first-order valence-corrected chi connectivity index (χ1v) is 6.81. The molecule has 0 aliphatic carbocycles. The smallest absolute Gasteiger partial charge is 0.165 e. The molecule has 19 heavy (non-hydrogen) atoms. The van der Waals surface area contributed by atoms with Crippen LogP contribution in [0.2, 0.25) is 0 Å². The third kappa shape index (κ3) is 3.86. The molecule has 0 spiro atoms. The highest BCUT2D eigenvalue weighted by Gasteiger charge is 2.06. The van der Waals surface area contributed by atoms with Crippen LogP contribution in [0.15, 0.2) is 24.3 Å². The third-order valence-corrected chi connectivity index (χ3v) is 3.17. The van der Waals surface area contributed by atoms with Gasteiger partial charge in [0.25, 0.3) is 0 Å². The van der Waals surface area contributed by atoms with Crippen LogP contribution in [0.5, 0.6) is 0 Å². The van der Waals surface area contributed by atoms with Gasteiger partial charge in [-0.1, -0.05) is 31.2 Å². The average Bonchev–Trinajstić information content (AvgIpc) is 2.86. The minimum Gasteiger partial charge on any atom is -0.310 e. The number of tetrazole rings is 1. The Balaban J connectivity index is 1.93. The van der Waals surface area contributed by atoms with Crippen molar-refractivity contribution in [2.75, 3.05) is 6.54 Å². The number of hydrogen-bond acceptors (Lipinski definition) is 4. The van der Waals surface area contributed by atoms with Gasteiger partial charge < -0.3 is 5.32 Å². The molecule has 0 atom stereocenters. The molecule has 1 heterocycles. The fourth-order valence-electron chi connectivity index (χ4n) is 2.02. The zero-order chi connectivity index (χ0) is 13.5. The maximum atomic E-state index is 4.06. The van der Waals surface area contributed by atoms with Crippen molar-refractivity contribution >= 4 is 0 Å². The lowest BCUT2D eigenvalue weighted by molar-refractivity contribution is 0.540. The number of rotatable bonds is 7. The van der Waals surface area contributed by atoms with Gasteiger partial charge in [0, 0.05) is 6.54 Å². The summed E-state index contributed by atoms with van der Waals surface area (Å²) >= 11 is 0. The minimum atomic E-state index is 0.731. The molecule has 102 valence electrons. The van der Waals surface area contributed by atoms with E-state index in [9.17, 15) is 0 Å². The lowest BCUT2D eigenvalue weighted by Gasteiger charge is -2.07. The third-order valence-electron chi connectivity index (χ3n) is 3.17. The first-order valence-electron chi connectivity index (χ1n) is 6.81. The van der Waals surface area contributed by atoms with Crippen LogP contribution in [0, 0.1) is 6.92 Å². The lowest BCUT2D eigenvalue weighted by atomic mass is 10.1. The molecule has 0 saturated carbocycles. The van der Waals surface area contributed by atoms with E-state index in [2.05, 4.69) is 59.0 Å². The molecule has 1 aromatic carbocycles. The molecular weight excluding hydrogens is 238 g/mol. The molecule has 5 heteroatoms. The Kier molecular flexibility index (Phi) is 5.03. The van der Waals surface area contributed by atoms with Crippen LogP contribution in [0.1, 0.15) is 30.3 Å². The van der Waals surface area contributed by atoms with E-state index in [0.29, 0.717) is 0 Å². The molecule has 0 aliphatic heterocycles. The van der Waals surface area contributed by atoms with E-state index in [0.717, 1.165) is 38.3 Å². The van der Waals surface area contributed by atoms with Gasteiger partial charge in [-0.05, 0) is 47.9 Å². The molecule has 2 rings (SSSR count). The van der Waals surface area contributed by atoms with Crippen molar-refractivity contribution < 1.29 is 0 Å². The number of aromatic nitrogens is 4. The van der Waals surface area contributed by atoms with E-state index in [1.54, 1.807) is 0 Å². The van der Waals surface area contributed by atoms with Crippen molar-refractivity contribution in [2.24, 2.45) is 0 Å². The highest BCUT2D eigenvalue weighted by atomic mass is 15.5. The van der Waals surface area contributed by atoms with Crippen molar-refractivity contribution in [3.05, 3.63) is 41.2 Å². The highest BCUT2D eigenvalue weighted by Crippen LogP contribution is 2.08. The van der Waals surface area contributed by atoms with Gasteiger partial charge >= 0.3 is 0 Å². The Labute approximate surface area is 114 Å². The second-order valence-corrected chi connectivity index (χ2v) is 4.67. The van der Waals surface area contributed by atoms with Crippen molar-refractivity contribution in [2.45, 2.75) is 39.8 Å². The summed E-state index contributed by atoms with van der Waals surface area (Å²) in [4.78, 5) is 0. The van der Waals surface area contributed by atoms with Gasteiger partial charge in [-0.3, -0.25) is 0 Å². The van der Waals surface area contributed by atoms with Crippen LogP contribution in [0.3, 0.4) is 0 Å². The number of nitrogens with zero attached hydrogens (tertiary/aromatic N) is 4. The first kappa shape index (κ1) is 13.7. The van der Waals surface area contributed by atoms with Crippen molar-refractivity contribution in [3.63, 3.8) is 0 Å². The average molecular weight is 259 g/mol. The van der Waals surface area contributed by atoms with E-state index >= 15 is 0 Å². The van der Waals surface area contributed by atoms with Crippen LogP contribution < -0.4 is 5.32 Å². The summed E-state index contributed by atoms with van der Waals surface area (Å²) in [5.41, 5.74) is 2.67. The van der Waals surface area contributed by atoms with Gasteiger partial charge in [-0.25, -0.2) is 4.68 Å².